The van der Waals surface area contributed by atoms with Crippen LogP contribution >= 0.6 is 0 Å². The summed E-state index contributed by atoms with van der Waals surface area (Å²) in [4.78, 5) is -0.126. The molecule has 0 heterocycles. The van der Waals surface area contributed by atoms with Crippen LogP contribution in [0.3, 0.4) is 0 Å². The molecule has 1 aromatic rings. The van der Waals surface area contributed by atoms with Gasteiger partial charge >= 0.3 is 0 Å². The minimum atomic E-state index is -4.10. The summed E-state index contributed by atoms with van der Waals surface area (Å²) in [7, 11) is -8.00. The van der Waals surface area contributed by atoms with Gasteiger partial charge in [-0.2, -0.15) is 0 Å². The predicted molar refractivity (Wildman–Crippen MR) is 56.6 cm³/mol. The van der Waals surface area contributed by atoms with Crippen LogP contribution in [-0.4, -0.2) is 23.1 Å². The summed E-state index contributed by atoms with van der Waals surface area (Å²) in [6.07, 6.45) is 0.735. The first-order valence-electron chi connectivity index (χ1n) is 3.97. The molecule has 0 spiro atoms. The lowest BCUT2D eigenvalue weighted by Gasteiger charge is -2.17. The summed E-state index contributed by atoms with van der Waals surface area (Å²) in [5.41, 5.74) is 0.883. The van der Waals surface area contributed by atoms with Gasteiger partial charge in [-0.1, -0.05) is 17.7 Å². The van der Waals surface area contributed by atoms with Crippen molar-refractivity contribution in [3.8, 4) is 0 Å². The summed E-state index contributed by atoms with van der Waals surface area (Å²) < 4.78 is 47.1. The summed E-state index contributed by atoms with van der Waals surface area (Å²) in [6.45, 7) is 1.80. The Morgan fingerprint density at radius 2 is 1.47 bits per heavy atom. The van der Waals surface area contributed by atoms with Crippen LogP contribution < -0.4 is 0 Å². The van der Waals surface area contributed by atoms with E-state index < -0.39 is 20.0 Å². The number of hydrogen-bond acceptors (Lipinski definition) is 4. The first-order chi connectivity index (χ1) is 6.71. The number of sulfonamides is 2. The third-order valence-corrected chi connectivity index (χ3v) is 4.29. The van der Waals surface area contributed by atoms with Gasteiger partial charge in [-0.05, 0) is 19.1 Å². The van der Waals surface area contributed by atoms with Crippen molar-refractivity contribution < 1.29 is 16.8 Å². The van der Waals surface area contributed by atoms with E-state index in [-0.39, 0.29) is 4.90 Å². The molecule has 0 aliphatic heterocycles. The van der Waals surface area contributed by atoms with Crippen LogP contribution in [-0.2, 0) is 20.0 Å². The van der Waals surface area contributed by atoms with Crippen molar-refractivity contribution in [2.24, 2.45) is 0 Å². The zero-order valence-electron chi connectivity index (χ0n) is 8.21. The van der Waals surface area contributed by atoms with Gasteiger partial charge in [-0.25, -0.2) is 16.8 Å². The van der Waals surface area contributed by atoms with Gasteiger partial charge in [0.1, 0.15) is 10.0 Å². The van der Waals surface area contributed by atoms with Gasteiger partial charge in [0, 0.05) is 11.2 Å². The maximum absolute atomic E-state index is 11.4. The number of rotatable bonds is 3. The second kappa shape index (κ2) is 3.92. The van der Waals surface area contributed by atoms with Crippen LogP contribution in [0.4, 0.5) is 0 Å². The Morgan fingerprint density at radius 1 is 1.00 bits per heavy atom. The first-order valence-corrected chi connectivity index (χ1v) is 7.25. The van der Waals surface area contributed by atoms with Crippen molar-refractivity contribution in [2.45, 2.75) is 11.8 Å². The van der Waals surface area contributed by atoms with Gasteiger partial charge in [0.15, 0.2) is 0 Å². The van der Waals surface area contributed by atoms with Crippen LogP contribution in [0.15, 0.2) is 29.2 Å². The molecule has 0 fully saturated rings. The molecule has 0 bridgehead atoms. The van der Waals surface area contributed by atoms with Gasteiger partial charge in [0.2, 0.25) is 0 Å². The van der Waals surface area contributed by atoms with Crippen molar-refractivity contribution in [3.05, 3.63) is 34.0 Å². The second-order valence-electron chi connectivity index (χ2n) is 3.10. The number of nitrogens with zero attached hydrogens (tertiary/aromatic N) is 1. The SMILES string of the molecule is Cc1ccc(S(=O)(=O)[N-]S(C)(=O)=O)cc1. The smallest absolute Gasteiger partial charge is 0.112 e. The average molecular weight is 248 g/mol. The lowest BCUT2D eigenvalue weighted by Crippen LogP contribution is -2.05. The van der Waals surface area contributed by atoms with Crippen molar-refractivity contribution in [2.75, 3.05) is 6.26 Å². The van der Waals surface area contributed by atoms with E-state index in [9.17, 15) is 16.8 Å². The second-order valence-corrected chi connectivity index (χ2v) is 6.58. The van der Waals surface area contributed by atoms with Crippen LogP contribution in [0, 0.1) is 6.92 Å². The largest absolute Gasteiger partial charge is 0.432 e. The molecule has 0 aliphatic rings. The van der Waals surface area contributed by atoms with E-state index in [1.54, 1.807) is 19.1 Å². The Balaban J connectivity index is 3.13. The molecule has 0 saturated carbocycles. The lowest BCUT2D eigenvalue weighted by molar-refractivity contribution is 0.598. The Labute approximate surface area is 89.2 Å². The van der Waals surface area contributed by atoms with Crippen molar-refractivity contribution in [1.82, 2.24) is 0 Å². The minimum absolute atomic E-state index is 0.126. The zero-order valence-corrected chi connectivity index (χ0v) is 9.84. The molecule has 0 atom stereocenters. The third kappa shape index (κ3) is 3.61. The van der Waals surface area contributed by atoms with E-state index in [1.807, 2.05) is 0 Å². The monoisotopic (exact) mass is 248 g/mol. The van der Waals surface area contributed by atoms with E-state index in [4.69, 9.17) is 0 Å². The van der Waals surface area contributed by atoms with Crippen LogP contribution in [0.5, 0.6) is 0 Å². The highest BCUT2D eigenvalue weighted by atomic mass is 32.3. The van der Waals surface area contributed by atoms with E-state index in [2.05, 4.69) is 4.13 Å². The number of hydrogen-bond donors (Lipinski definition) is 0. The Hall–Kier alpha value is -0.920. The quantitative estimate of drug-likeness (QED) is 0.799. The molecule has 0 unspecified atom stereocenters. The summed E-state index contributed by atoms with van der Waals surface area (Å²) in [6, 6.07) is 5.79. The van der Waals surface area contributed by atoms with Gasteiger partial charge in [-0.15, -0.1) is 0 Å². The van der Waals surface area contributed by atoms with E-state index >= 15 is 0 Å². The molecule has 1 aromatic carbocycles. The molecule has 1 rings (SSSR count). The third-order valence-electron chi connectivity index (χ3n) is 1.55. The van der Waals surface area contributed by atoms with E-state index in [0.29, 0.717) is 0 Å². The molecule has 0 amide bonds. The highest BCUT2D eigenvalue weighted by Gasteiger charge is 2.06. The van der Waals surface area contributed by atoms with Gasteiger partial charge in [-0.3, -0.25) is 0 Å². The van der Waals surface area contributed by atoms with Crippen LogP contribution in [0.2, 0.25) is 0 Å². The Bertz CT molecular complexity index is 543. The van der Waals surface area contributed by atoms with Gasteiger partial charge in [0.05, 0.1) is 10.0 Å². The van der Waals surface area contributed by atoms with E-state index in [0.717, 1.165) is 11.8 Å². The van der Waals surface area contributed by atoms with E-state index in [1.165, 1.54) is 12.1 Å². The van der Waals surface area contributed by atoms with Crippen molar-refractivity contribution >= 4 is 20.0 Å². The molecule has 7 heteroatoms. The molecule has 5 nitrogen and oxygen atoms in total. The standard InChI is InChI=1S/C8H10NO4S2/c1-7-3-5-8(6-4-7)15(12,13)9-14(2,10)11/h3-6H,1-2H3/q-1. The Kier molecular flexibility index (Phi) is 3.17. The molecule has 0 aliphatic carbocycles. The molecular weight excluding hydrogens is 238 g/mol. The topological polar surface area (TPSA) is 82.4 Å². The molecular formula is C8H10NO4S2-. The maximum Gasteiger partial charge on any atom is 0.112 e. The lowest BCUT2D eigenvalue weighted by atomic mass is 10.2. The molecule has 15 heavy (non-hydrogen) atoms. The van der Waals surface area contributed by atoms with Gasteiger partial charge in [0.25, 0.3) is 0 Å². The van der Waals surface area contributed by atoms with Crippen LogP contribution in [0.25, 0.3) is 4.13 Å². The fraction of sp³-hybridized carbons (Fsp3) is 0.250. The highest BCUT2D eigenvalue weighted by Crippen LogP contribution is 2.19. The average Bonchev–Trinajstić information content (AvgIpc) is 2.00. The predicted octanol–water partition coefficient (Wildman–Crippen LogP) is 1.02. The number of aryl methyl sites for hydroxylation is 1. The fourth-order valence-electron chi connectivity index (χ4n) is 0.932. The molecule has 0 aromatic heterocycles. The zero-order chi connectivity index (χ0) is 11.7. The first kappa shape index (κ1) is 12.2. The highest BCUT2D eigenvalue weighted by molar-refractivity contribution is 8.11. The van der Waals surface area contributed by atoms with Crippen molar-refractivity contribution in [3.63, 3.8) is 0 Å². The molecule has 0 radical (unpaired) electrons. The normalized spacial score (nSPS) is 12.7. The number of benzene rings is 1. The summed E-state index contributed by atoms with van der Waals surface area (Å²) in [5, 5.41) is 0. The molecule has 0 saturated heterocycles. The Morgan fingerprint density at radius 3 is 1.87 bits per heavy atom. The summed E-state index contributed by atoms with van der Waals surface area (Å²) in [5.74, 6) is 0. The van der Waals surface area contributed by atoms with Gasteiger partial charge < -0.3 is 4.13 Å². The van der Waals surface area contributed by atoms with Crippen LogP contribution in [0.1, 0.15) is 5.56 Å². The molecule has 84 valence electrons. The van der Waals surface area contributed by atoms with Crippen molar-refractivity contribution in [1.29, 1.82) is 0 Å². The minimum Gasteiger partial charge on any atom is -0.432 e. The summed E-state index contributed by atoms with van der Waals surface area (Å²) >= 11 is 0. The fourth-order valence-corrected chi connectivity index (χ4v) is 3.18. The molecule has 0 N–H and O–H groups in total. The maximum atomic E-state index is 11.4.